The highest BCUT2D eigenvalue weighted by Crippen LogP contribution is 2.50. The highest BCUT2D eigenvalue weighted by Gasteiger charge is 2.53. The fourth-order valence-corrected chi connectivity index (χ4v) is 7.23. The number of likely N-dealkylation sites (tertiary alicyclic amines) is 1. The Morgan fingerprint density at radius 2 is 1.84 bits per heavy atom. The fourth-order valence-electron chi connectivity index (χ4n) is 7.23. The van der Waals surface area contributed by atoms with E-state index in [0.29, 0.717) is 35.0 Å². The maximum atomic E-state index is 14.6. The molecule has 2 atom stereocenters. The van der Waals surface area contributed by atoms with Gasteiger partial charge in [0.2, 0.25) is 0 Å². The highest BCUT2D eigenvalue weighted by molar-refractivity contribution is 6.39. The summed E-state index contributed by atoms with van der Waals surface area (Å²) in [5.41, 5.74) is 1.34. The van der Waals surface area contributed by atoms with Gasteiger partial charge in [0.1, 0.15) is 5.66 Å². The number of tetrazole rings is 1. The Morgan fingerprint density at radius 1 is 1.12 bits per heavy atom. The number of aromatic nitrogens is 4. The van der Waals surface area contributed by atoms with E-state index in [4.69, 9.17) is 4.99 Å². The summed E-state index contributed by atoms with van der Waals surface area (Å²) < 4.78 is 0. The molecule has 3 aliphatic rings. The molecule has 1 aromatic carbocycles. The average Bonchev–Trinajstić information content (AvgIpc) is 3.59. The number of nitrogens with one attached hydrogen (secondary N) is 2. The molecular formula is C33H50N8O2. The lowest BCUT2D eigenvalue weighted by Gasteiger charge is -2.47. The zero-order valence-electron chi connectivity index (χ0n) is 26.9. The van der Waals surface area contributed by atoms with Gasteiger partial charge >= 0.3 is 0 Å². The van der Waals surface area contributed by atoms with E-state index in [2.05, 4.69) is 77.3 Å². The summed E-state index contributed by atoms with van der Waals surface area (Å²) in [7, 11) is 0. The molecule has 1 aliphatic carbocycles. The number of nitrogens with zero attached hydrogens (tertiary/aromatic N) is 6. The predicted molar refractivity (Wildman–Crippen MR) is 167 cm³/mol. The maximum Gasteiger partial charge on any atom is 0.291 e. The van der Waals surface area contributed by atoms with Crippen molar-refractivity contribution < 1.29 is 9.59 Å². The van der Waals surface area contributed by atoms with Crippen LogP contribution in [0.15, 0.2) is 29.3 Å². The molecule has 3 heterocycles. The molecule has 10 nitrogen and oxygen atoms in total. The summed E-state index contributed by atoms with van der Waals surface area (Å²) in [5, 5.41) is 16.6. The number of piperidine rings is 1. The van der Waals surface area contributed by atoms with Gasteiger partial charge in [-0.2, -0.15) is 5.21 Å². The highest BCUT2D eigenvalue weighted by atomic mass is 16.2. The minimum Gasteiger partial charge on any atom is -0.352 e. The zero-order chi connectivity index (χ0) is 30.8. The van der Waals surface area contributed by atoms with Crippen molar-refractivity contribution >= 4 is 17.6 Å². The number of amides is 2. The summed E-state index contributed by atoms with van der Waals surface area (Å²) in [6.45, 7) is 15.7. The van der Waals surface area contributed by atoms with Crippen molar-refractivity contribution in [2.45, 2.75) is 111 Å². The largest absolute Gasteiger partial charge is 0.352 e. The number of benzene rings is 1. The molecule has 43 heavy (non-hydrogen) atoms. The zero-order valence-corrected chi connectivity index (χ0v) is 26.9. The van der Waals surface area contributed by atoms with Gasteiger partial charge in [-0.25, -0.2) is 4.99 Å². The molecule has 2 fully saturated rings. The molecule has 1 spiro atoms. The average molecular weight is 591 g/mol. The first-order valence-corrected chi connectivity index (χ1v) is 16.3. The van der Waals surface area contributed by atoms with Gasteiger partial charge in [-0.3, -0.25) is 9.59 Å². The van der Waals surface area contributed by atoms with Crippen LogP contribution in [-0.2, 0) is 11.3 Å². The molecule has 0 radical (unpaired) electrons. The van der Waals surface area contributed by atoms with Gasteiger partial charge in [-0.05, 0) is 92.2 Å². The van der Waals surface area contributed by atoms with Gasteiger partial charge in [-0.15, -0.1) is 10.2 Å². The molecule has 234 valence electrons. The number of amidine groups is 1. The third kappa shape index (κ3) is 6.93. The van der Waals surface area contributed by atoms with Crippen LogP contribution in [0.2, 0.25) is 0 Å². The fraction of sp³-hybridized carbons (Fsp3) is 0.697. The first-order chi connectivity index (χ1) is 20.5. The number of H-pyrrole nitrogens is 1. The SMILES string of the molecule is CC(C)CC[C@H](c1ccc(C(=O)NCc2nn[nH]n2)cc1)N1C(=O)C(N2CCCC(C)C2)=NC12CCC(C(C)(C)C)CC2. The van der Waals surface area contributed by atoms with Crippen molar-refractivity contribution in [2.24, 2.45) is 28.2 Å². The Labute approximate surface area is 256 Å². The van der Waals surface area contributed by atoms with Gasteiger partial charge < -0.3 is 15.1 Å². The molecule has 1 unspecified atom stereocenters. The van der Waals surface area contributed by atoms with Crippen molar-refractivity contribution in [3.05, 3.63) is 41.2 Å². The van der Waals surface area contributed by atoms with Crippen LogP contribution in [0.3, 0.4) is 0 Å². The van der Waals surface area contributed by atoms with Crippen molar-refractivity contribution in [3.63, 3.8) is 0 Å². The second kappa shape index (κ2) is 12.7. The van der Waals surface area contributed by atoms with Crippen molar-refractivity contribution in [1.82, 2.24) is 35.7 Å². The van der Waals surface area contributed by atoms with E-state index >= 15 is 0 Å². The molecule has 1 saturated carbocycles. The summed E-state index contributed by atoms with van der Waals surface area (Å²) in [5.74, 6) is 2.66. The van der Waals surface area contributed by atoms with Crippen LogP contribution in [0, 0.1) is 23.2 Å². The molecule has 10 heteroatoms. The molecule has 2 amide bonds. The summed E-state index contributed by atoms with van der Waals surface area (Å²) >= 11 is 0. The molecule has 2 aliphatic heterocycles. The number of carbonyl (C=O) groups excluding carboxylic acids is 2. The molecule has 1 aromatic heterocycles. The quantitative estimate of drug-likeness (QED) is 0.418. The first kappa shape index (κ1) is 31.1. The molecule has 2 N–H and O–H groups in total. The topological polar surface area (TPSA) is 119 Å². The molecule has 2 aromatic rings. The van der Waals surface area contributed by atoms with E-state index < -0.39 is 5.66 Å². The lowest BCUT2D eigenvalue weighted by Crippen LogP contribution is -2.52. The minimum atomic E-state index is -0.517. The van der Waals surface area contributed by atoms with Crippen LogP contribution >= 0.6 is 0 Å². The molecule has 0 bridgehead atoms. The van der Waals surface area contributed by atoms with E-state index in [0.717, 1.165) is 63.6 Å². The monoisotopic (exact) mass is 590 g/mol. The third-order valence-corrected chi connectivity index (χ3v) is 9.82. The van der Waals surface area contributed by atoms with Gasteiger partial charge in [0, 0.05) is 18.7 Å². The number of hydrogen-bond acceptors (Lipinski definition) is 7. The standard InChI is InChI=1S/C33H50N8O2/c1-22(2)9-14-27(24-10-12-25(13-11-24)30(42)34-20-28-36-38-39-37-28)41-31(43)29(40-19-7-8-23(3)21-40)35-33(41)17-15-26(16-18-33)32(4,5)6/h10-13,22-23,26-27H,7-9,14-21H2,1-6H3,(H,34,42)(H,36,37,38,39)/t23?,26?,27-,33?/m1/s1. The lowest BCUT2D eigenvalue weighted by molar-refractivity contribution is -0.134. The van der Waals surface area contributed by atoms with Gasteiger partial charge in [-0.1, -0.05) is 58.9 Å². The van der Waals surface area contributed by atoms with Crippen molar-refractivity contribution in [1.29, 1.82) is 0 Å². The van der Waals surface area contributed by atoms with Crippen LogP contribution in [0.25, 0.3) is 0 Å². The van der Waals surface area contributed by atoms with Crippen LogP contribution in [0.5, 0.6) is 0 Å². The van der Waals surface area contributed by atoms with Gasteiger partial charge in [0.05, 0.1) is 12.6 Å². The Kier molecular flexibility index (Phi) is 9.23. The summed E-state index contributed by atoms with van der Waals surface area (Å²) in [4.78, 5) is 37.3. The van der Waals surface area contributed by atoms with Crippen LogP contribution in [0.4, 0.5) is 0 Å². The Balaban J connectivity index is 1.44. The van der Waals surface area contributed by atoms with E-state index in [1.807, 2.05) is 24.3 Å². The smallest absolute Gasteiger partial charge is 0.291 e. The lowest BCUT2D eigenvalue weighted by atomic mass is 9.69. The van der Waals surface area contributed by atoms with Gasteiger partial charge in [0.15, 0.2) is 11.7 Å². The third-order valence-electron chi connectivity index (χ3n) is 9.82. The number of aliphatic imine (C=N–C) groups is 1. The normalized spacial score (nSPS) is 25.4. The van der Waals surface area contributed by atoms with Crippen LogP contribution in [-0.4, -0.2) is 66.8 Å². The summed E-state index contributed by atoms with van der Waals surface area (Å²) in [6, 6.07) is 7.66. The summed E-state index contributed by atoms with van der Waals surface area (Å²) in [6.07, 6.45) is 8.07. The maximum absolute atomic E-state index is 14.6. The Morgan fingerprint density at radius 3 is 2.44 bits per heavy atom. The van der Waals surface area contributed by atoms with Crippen molar-refractivity contribution in [2.75, 3.05) is 13.1 Å². The minimum absolute atomic E-state index is 0.0824. The van der Waals surface area contributed by atoms with E-state index in [-0.39, 0.29) is 29.8 Å². The molecular weight excluding hydrogens is 540 g/mol. The van der Waals surface area contributed by atoms with E-state index in [9.17, 15) is 9.59 Å². The number of rotatable bonds is 8. The Hall–Kier alpha value is -3.30. The van der Waals surface area contributed by atoms with E-state index in [1.54, 1.807) is 0 Å². The predicted octanol–water partition coefficient (Wildman–Crippen LogP) is 5.51. The van der Waals surface area contributed by atoms with Gasteiger partial charge in [0.25, 0.3) is 11.8 Å². The second-order valence-corrected chi connectivity index (χ2v) is 14.5. The molecule has 1 saturated heterocycles. The van der Waals surface area contributed by atoms with Crippen LogP contribution < -0.4 is 5.32 Å². The number of carbonyl (C=O) groups is 2. The van der Waals surface area contributed by atoms with E-state index in [1.165, 1.54) is 6.42 Å². The Bertz CT molecular complexity index is 1270. The van der Waals surface area contributed by atoms with Crippen molar-refractivity contribution in [3.8, 4) is 0 Å². The first-order valence-electron chi connectivity index (χ1n) is 16.3. The second-order valence-electron chi connectivity index (χ2n) is 14.5. The molecule has 5 rings (SSSR count). The van der Waals surface area contributed by atoms with Crippen LogP contribution in [0.1, 0.15) is 121 Å². The number of aromatic amines is 1. The number of hydrogen-bond donors (Lipinski definition) is 2.